The highest BCUT2D eigenvalue weighted by atomic mass is 35.5. The largest absolute Gasteiger partial charge is 0.503 e. The van der Waals surface area contributed by atoms with Crippen LogP contribution in [0.25, 0.3) is 0 Å². The van der Waals surface area contributed by atoms with E-state index < -0.39 is 50.8 Å². The number of ether oxygens (including phenoxy) is 1. The number of carbonyl (C=O) groups excluding carboxylic acids is 4. The normalized spacial score (nSPS) is 35.4. The topological polar surface area (TPSA) is 104 Å². The number of hydrogen-bond donors (Lipinski definition) is 1. The monoisotopic (exact) mass is 568 g/mol. The molecule has 2 saturated heterocycles. The molecular weight excluding hydrogens is 543 g/mol. The van der Waals surface area contributed by atoms with E-state index in [2.05, 4.69) is 0 Å². The molecule has 198 valence electrons. The molecular formula is C26H27Cl3N2O6. The van der Waals surface area contributed by atoms with Gasteiger partial charge in [-0.15, -0.1) is 23.2 Å². The number of halogens is 3. The Morgan fingerprint density at radius 3 is 2.30 bits per heavy atom. The predicted molar refractivity (Wildman–Crippen MR) is 137 cm³/mol. The number of aromatic hydroxyl groups is 1. The van der Waals surface area contributed by atoms with Gasteiger partial charge >= 0.3 is 0 Å². The van der Waals surface area contributed by atoms with Gasteiger partial charge in [0.25, 0.3) is 11.8 Å². The highest BCUT2D eigenvalue weighted by Gasteiger charge is 2.76. The van der Waals surface area contributed by atoms with E-state index in [0.29, 0.717) is 11.1 Å². The van der Waals surface area contributed by atoms with Crippen LogP contribution in [0.2, 0.25) is 5.02 Å². The van der Waals surface area contributed by atoms with Crippen LogP contribution in [-0.4, -0.2) is 68.0 Å². The van der Waals surface area contributed by atoms with Crippen molar-refractivity contribution in [2.24, 2.45) is 17.8 Å². The molecule has 37 heavy (non-hydrogen) atoms. The fraction of sp³-hybridized carbons (Fsp3) is 0.538. The van der Waals surface area contributed by atoms with E-state index >= 15 is 0 Å². The molecule has 1 aromatic carbocycles. The maximum Gasteiger partial charge on any atom is 0.253 e. The Hall–Kier alpha value is -2.29. The number of benzene rings is 1. The molecule has 5 rings (SSSR count). The molecule has 8 nitrogen and oxygen atoms in total. The number of phenolic OH excluding ortho intramolecular Hbond substituents is 1. The van der Waals surface area contributed by atoms with Gasteiger partial charge in [0, 0.05) is 18.5 Å². The number of alkyl halides is 2. The van der Waals surface area contributed by atoms with Crippen LogP contribution < -0.4 is 4.74 Å². The number of likely N-dealkylation sites (tertiary alicyclic amines) is 2. The van der Waals surface area contributed by atoms with Crippen molar-refractivity contribution in [2.75, 3.05) is 14.2 Å². The summed E-state index contributed by atoms with van der Waals surface area (Å²) in [6, 6.07) is 2.96. The number of hydrogen-bond acceptors (Lipinski definition) is 6. The minimum atomic E-state index is -1.93. The summed E-state index contributed by atoms with van der Waals surface area (Å²) >= 11 is 20.6. The summed E-state index contributed by atoms with van der Waals surface area (Å²) in [4.78, 5) is 52.5. The van der Waals surface area contributed by atoms with Crippen LogP contribution in [0.5, 0.6) is 11.5 Å². The van der Waals surface area contributed by atoms with Gasteiger partial charge in [-0.3, -0.25) is 29.0 Å². The van der Waals surface area contributed by atoms with Crippen LogP contribution >= 0.6 is 34.8 Å². The first-order valence-corrected chi connectivity index (χ1v) is 13.1. The number of phenols is 1. The van der Waals surface area contributed by atoms with E-state index in [0.717, 1.165) is 4.90 Å². The summed E-state index contributed by atoms with van der Waals surface area (Å²) in [5, 5.41) is 10.3. The lowest BCUT2D eigenvalue weighted by atomic mass is 9.56. The maximum absolute atomic E-state index is 13.7. The molecule has 6 atom stereocenters. The van der Waals surface area contributed by atoms with Crippen LogP contribution in [0.1, 0.15) is 45.1 Å². The Morgan fingerprint density at radius 2 is 1.70 bits per heavy atom. The Morgan fingerprint density at radius 1 is 1.05 bits per heavy atom. The number of fused-ring (bicyclic) bond motifs is 4. The van der Waals surface area contributed by atoms with Gasteiger partial charge in [0.15, 0.2) is 21.2 Å². The van der Waals surface area contributed by atoms with E-state index in [1.807, 2.05) is 6.08 Å². The lowest BCUT2D eigenvalue weighted by Crippen LogP contribution is -2.60. The third kappa shape index (κ3) is 3.21. The summed E-state index contributed by atoms with van der Waals surface area (Å²) in [7, 11) is 2.68. The van der Waals surface area contributed by atoms with E-state index in [1.165, 1.54) is 31.2 Å². The lowest BCUT2D eigenvalue weighted by Gasteiger charge is -2.50. The number of nitrogens with zero attached hydrogens (tertiary/aromatic N) is 2. The first-order valence-electron chi connectivity index (χ1n) is 12.0. The van der Waals surface area contributed by atoms with Gasteiger partial charge < -0.3 is 9.84 Å². The van der Waals surface area contributed by atoms with Gasteiger partial charge in [-0.2, -0.15) is 0 Å². The number of rotatable bonds is 2. The molecule has 4 aliphatic rings. The van der Waals surface area contributed by atoms with Crippen molar-refractivity contribution in [2.45, 2.75) is 54.8 Å². The molecule has 2 heterocycles. The third-order valence-electron chi connectivity index (χ3n) is 8.29. The average Bonchev–Trinajstić information content (AvgIpc) is 3.16. The first-order chi connectivity index (χ1) is 17.1. The zero-order valence-corrected chi connectivity index (χ0v) is 23.2. The maximum atomic E-state index is 13.7. The molecule has 0 aromatic heterocycles. The number of amides is 4. The Labute approximate surface area is 229 Å². The third-order valence-corrected chi connectivity index (χ3v) is 9.99. The summed E-state index contributed by atoms with van der Waals surface area (Å²) in [6.07, 6.45) is 2.03. The molecule has 1 N–H and O–H groups in total. The van der Waals surface area contributed by atoms with Crippen molar-refractivity contribution in [3.63, 3.8) is 0 Å². The van der Waals surface area contributed by atoms with Crippen molar-refractivity contribution >= 4 is 58.4 Å². The standard InChI is InChI=1S/C26H27Cl3N2O6/c1-24(2,3)31-20(33)13-7-6-12-14(17(13)21(31)34)10-25(28)22(35)30(4)23(36)26(25,29)18(12)11-8-15(27)19(32)16(9-11)37-5/h6,8-9,13-14,17-18,32H,7,10H2,1-5H3/t13-,14+,17-,18-,25+,26-/m0/s1. The highest BCUT2D eigenvalue weighted by Crippen LogP contribution is 2.65. The van der Waals surface area contributed by atoms with Crippen molar-refractivity contribution in [1.82, 2.24) is 9.80 Å². The number of methoxy groups -OCH3 is 1. The molecule has 3 fully saturated rings. The van der Waals surface area contributed by atoms with Crippen molar-refractivity contribution in [1.29, 1.82) is 0 Å². The molecule has 0 radical (unpaired) electrons. The number of allylic oxidation sites excluding steroid dienone is 2. The van der Waals surface area contributed by atoms with Crippen LogP contribution in [0.4, 0.5) is 0 Å². The van der Waals surface area contributed by atoms with Crippen molar-refractivity contribution in [3.8, 4) is 11.5 Å². The zero-order valence-electron chi connectivity index (χ0n) is 21.0. The predicted octanol–water partition coefficient (Wildman–Crippen LogP) is 3.84. The summed E-state index contributed by atoms with van der Waals surface area (Å²) in [6.45, 7) is 5.39. The summed E-state index contributed by atoms with van der Waals surface area (Å²) in [5.74, 6) is -5.13. The number of carbonyl (C=O) groups is 4. The van der Waals surface area contributed by atoms with Crippen molar-refractivity contribution in [3.05, 3.63) is 34.4 Å². The van der Waals surface area contributed by atoms with Gasteiger partial charge in [0.2, 0.25) is 11.8 Å². The molecule has 1 saturated carbocycles. The number of imide groups is 2. The van der Waals surface area contributed by atoms with E-state index in [-0.39, 0.29) is 41.2 Å². The first kappa shape index (κ1) is 26.3. The van der Waals surface area contributed by atoms with Gasteiger partial charge in [-0.1, -0.05) is 23.3 Å². The van der Waals surface area contributed by atoms with Crippen LogP contribution in [0.3, 0.4) is 0 Å². The van der Waals surface area contributed by atoms with Crippen LogP contribution in [0.15, 0.2) is 23.8 Å². The van der Waals surface area contributed by atoms with Crippen molar-refractivity contribution < 1.29 is 29.0 Å². The lowest BCUT2D eigenvalue weighted by molar-refractivity contribution is -0.146. The summed E-state index contributed by atoms with van der Waals surface area (Å²) < 4.78 is 5.29. The molecule has 2 aliphatic heterocycles. The fourth-order valence-corrected chi connectivity index (χ4v) is 7.93. The van der Waals surface area contributed by atoms with E-state index in [9.17, 15) is 24.3 Å². The SMILES string of the molecule is COc1cc([C@H]2C3=CC[C@@H]4C(=O)N(C(C)(C)C)C(=O)[C@@H]4[C@@H]3C[C@@]3(Cl)C(=O)N(C)C(=O)[C@@]23Cl)cc(Cl)c1O. The molecule has 0 unspecified atom stereocenters. The zero-order chi connectivity index (χ0) is 27.4. The Balaban J connectivity index is 1.75. The molecule has 0 bridgehead atoms. The molecule has 1 aromatic rings. The second kappa shape index (κ2) is 8.10. The Kier molecular flexibility index (Phi) is 5.77. The van der Waals surface area contributed by atoms with Crippen LogP contribution in [-0.2, 0) is 19.2 Å². The summed E-state index contributed by atoms with van der Waals surface area (Å²) in [5.41, 5.74) is 0.311. The van der Waals surface area contributed by atoms with Gasteiger partial charge in [-0.05, 0) is 57.2 Å². The minimum Gasteiger partial charge on any atom is -0.503 e. The molecule has 11 heteroatoms. The van der Waals surface area contributed by atoms with E-state index in [1.54, 1.807) is 20.8 Å². The minimum absolute atomic E-state index is 0.0395. The average molecular weight is 570 g/mol. The highest BCUT2D eigenvalue weighted by molar-refractivity contribution is 6.53. The molecule has 2 aliphatic carbocycles. The van der Waals surface area contributed by atoms with Gasteiger partial charge in [0.1, 0.15) is 0 Å². The van der Waals surface area contributed by atoms with E-state index in [4.69, 9.17) is 39.5 Å². The van der Waals surface area contributed by atoms with Crippen LogP contribution in [0, 0.1) is 17.8 Å². The second-order valence-corrected chi connectivity index (χ2v) is 12.9. The molecule has 0 spiro atoms. The van der Waals surface area contributed by atoms with Gasteiger partial charge in [-0.25, -0.2) is 0 Å². The smallest absolute Gasteiger partial charge is 0.253 e. The van der Waals surface area contributed by atoms with Gasteiger partial charge in [0.05, 0.1) is 24.0 Å². The Bertz CT molecular complexity index is 1310. The second-order valence-electron chi connectivity index (χ2n) is 11.2. The fourth-order valence-electron chi connectivity index (χ4n) is 6.70. The molecule has 4 amide bonds. The quantitative estimate of drug-likeness (QED) is 0.330.